The standard InChI is InChI=1S/C17H19NO/c1-12(2)13-6-3-4-7-15(13)18-11-10-14-16(18)8-5-9-17(14)19/h3-4,6-7,10-12H,5,8-9H2,1-2H3. The molecule has 0 saturated heterocycles. The second-order valence-corrected chi connectivity index (χ2v) is 5.54. The van der Waals surface area contributed by atoms with E-state index in [1.54, 1.807) is 0 Å². The monoisotopic (exact) mass is 253 g/mol. The lowest BCUT2D eigenvalue weighted by Gasteiger charge is -2.19. The SMILES string of the molecule is CC(C)c1ccccc1-n1ccc2c1CCCC2=O. The van der Waals surface area contributed by atoms with Crippen LogP contribution < -0.4 is 0 Å². The molecule has 0 aliphatic heterocycles. The third-order valence-electron chi connectivity index (χ3n) is 3.93. The van der Waals surface area contributed by atoms with Crippen LogP contribution in [0.15, 0.2) is 36.5 Å². The van der Waals surface area contributed by atoms with E-state index in [1.165, 1.54) is 16.9 Å². The van der Waals surface area contributed by atoms with Crippen LogP contribution >= 0.6 is 0 Å². The van der Waals surface area contributed by atoms with Crippen LogP contribution in [-0.2, 0) is 6.42 Å². The molecule has 0 spiro atoms. The second-order valence-electron chi connectivity index (χ2n) is 5.54. The maximum Gasteiger partial charge on any atom is 0.164 e. The number of carbonyl (C=O) groups excluding carboxylic acids is 1. The summed E-state index contributed by atoms with van der Waals surface area (Å²) in [6.07, 6.45) is 4.72. The highest BCUT2D eigenvalue weighted by atomic mass is 16.1. The van der Waals surface area contributed by atoms with Gasteiger partial charge in [-0.05, 0) is 36.5 Å². The summed E-state index contributed by atoms with van der Waals surface area (Å²) in [6, 6.07) is 10.5. The molecule has 1 aromatic heterocycles. The van der Waals surface area contributed by atoms with Crippen molar-refractivity contribution >= 4 is 5.78 Å². The van der Waals surface area contributed by atoms with Crippen molar-refractivity contribution in [2.24, 2.45) is 0 Å². The average Bonchev–Trinajstić information content (AvgIpc) is 2.84. The summed E-state index contributed by atoms with van der Waals surface area (Å²) >= 11 is 0. The largest absolute Gasteiger partial charge is 0.320 e. The van der Waals surface area contributed by atoms with Crippen molar-refractivity contribution in [1.82, 2.24) is 4.57 Å². The van der Waals surface area contributed by atoms with Gasteiger partial charge in [0.2, 0.25) is 0 Å². The molecule has 1 aliphatic rings. The number of Topliss-reactive ketones (excluding diaryl/α,β-unsaturated/α-hetero) is 1. The molecule has 0 amide bonds. The van der Waals surface area contributed by atoms with E-state index in [4.69, 9.17) is 0 Å². The molecule has 0 fully saturated rings. The summed E-state index contributed by atoms with van der Waals surface area (Å²) in [5.74, 6) is 0.774. The van der Waals surface area contributed by atoms with E-state index in [1.807, 2.05) is 6.07 Å². The normalized spacial score (nSPS) is 14.8. The van der Waals surface area contributed by atoms with Crippen molar-refractivity contribution in [2.45, 2.75) is 39.0 Å². The number of nitrogens with zero attached hydrogens (tertiary/aromatic N) is 1. The van der Waals surface area contributed by atoms with E-state index >= 15 is 0 Å². The number of hydrogen-bond donors (Lipinski definition) is 0. The maximum atomic E-state index is 11.9. The van der Waals surface area contributed by atoms with Crippen molar-refractivity contribution in [1.29, 1.82) is 0 Å². The molecule has 2 nitrogen and oxygen atoms in total. The molecule has 0 N–H and O–H groups in total. The van der Waals surface area contributed by atoms with Gasteiger partial charge in [0.15, 0.2) is 5.78 Å². The van der Waals surface area contributed by atoms with Crippen LogP contribution in [0.3, 0.4) is 0 Å². The van der Waals surface area contributed by atoms with E-state index in [9.17, 15) is 4.79 Å². The number of carbonyl (C=O) groups is 1. The van der Waals surface area contributed by atoms with Gasteiger partial charge in [-0.2, -0.15) is 0 Å². The first kappa shape index (κ1) is 12.2. The summed E-state index contributed by atoms with van der Waals surface area (Å²) in [6.45, 7) is 4.42. The lowest BCUT2D eigenvalue weighted by atomic mass is 9.96. The molecule has 0 radical (unpaired) electrons. The van der Waals surface area contributed by atoms with Crippen molar-refractivity contribution < 1.29 is 4.79 Å². The number of hydrogen-bond acceptors (Lipinski definition) is 1. The zero-order valence-electron chi connectivity index (χ0n) is 11.5. The third kappa shape index (κ3) is 2.01. The zero-order chi connectivity index (χ0) is 13.4. The fourth-order valence-corrected chi connectivity index (χ4v) is 2.95. The third-order valence-corrected chi connectivity index (χ3v) is 3.93. The Morgan fingerprint density at radius 2 is 1.89 bits per heavy atom. The van der Waals surface area contributed by atoms with Gasteiger partial charge < -0.3 is 4.57 Å². The minimum atomic E-state index is 0.294. The molecule has 0 saturated carbocycles. The summed E-state index contributed by atoms with van der Waals surface area (Å²) < 4.78 is 2.21. The predicted molar refractivity (Wildman–Crippen MR) is 77.1 cm³/mol. The van der Waals surface area contributed by atoms with Crippen LogP contribution in [0.1, 0.15) is 54.2 Å². The van der Waals surface area contributed by atoms with Gasteiger partial charge in [0.05, 0.1) is 0 Å². The van der Waals surface area contributed by atoms with Gasteiger partial charge in [0.25, 0.3) is 0 Å². The highest BCUT2D eigenvalue weighted by molar-refractivity contribution is 5.98. The Morgan fingerprint density at radius 3 is 2.68 bits per heavy atom. The van der Waals surface area contributed by atoms with E-state index < -0.39 is 0 Å². The number of ketones is 1. The van der Waals surface area contributed by atoms with Crippen LogP contribution in [0, 0.1) is 0 Å². The fraction of sp³-hybridized carbons (Fsp3) is 0.353. The molecule has 1 aromatic carbocycles. The molecule has 0 bridgehead atoms. The molecule has 2 aromatic rings. The van der Waals surface area contributed by atoms with Crippen LogP contribution in [0.25, 0.3) is 5.69 Å². The molecule has 19 heavy (non-hydrogen) atoms. The molecule has 1 heterocycles. The minimum absolute atomic E-state index is 0.294. The number of benzene rings is 1. The molecule has 3 rings (SSSR count). The van der Waals surface area contributed by atoms with Crippen LogP contribution in [0.2, 0.25) is 0 Å². The van der Waals surface area contributed by atoms with Crippen LogP contribution in [0.4, 0.5) is 0 Å². The van der Waals surface area contributed by atoms with Gasteiger partial charge in [-0.15, -0.1) is 0 Å². The first-order valence-electron chi connectivity index (χ1n) is 7.01. The van der Waals surface area contributed by atoms with Gasteiger partial charge in [0.1, 0.15) is 0 Å². The molecule has 0 unspecified atom stereocenters. The molecular weight excluding hydrogens is 234 g/mol. The lowest BCUT2D eigenvalue weighted by molar-refractivity contribution is 0.0972. The molecular formula is C17H19NO. The van der Waals surface area contributed by atoms with E-state index in [2.05, 4.69) is 48.9 Å². The van der Waals surface area contributed by atoms with Gasteiger partial charge in [-0.1, -0.05) is 32.0 Å². The topological polar surface area (TPSA) is 22.0 Å². The number of aromatic nitrogens is 1. The Hall–Kier alpha value is -1.83. The Balaban J connectivity index is 2.16. The first-order valence-corrected chi connectivity index (χ1v) is 7.01. The Kier molecular flexibility index (Phi) is 3.02. The number of rotatable bonds is 2. The summed E-state index contributed by atoms with van der Waals surface area (Å²) in [7, 11) is 0. The lowest BCUT2D eigenvalue weighted by Crippen LogP contribution is -2.13. The second kappa shape index (κ2) is 4.69. The smallest absolute Gasteiger partial charge is 0.164 e. The molecule has 98 valence electrons. The van der Waals surface area contributed by atoms with Crippen molar-refractivity contribution in [3.63, 3.8) is 0 Å². The van der Waals surface area contributed by atoms with Crippen molar-refractivity contribution in [3.8, 4) is 5.69 Å². The average molecular weight is 253 g/mol. The van der Waals surface area contributed by atoms with Gasteiger partial charge in [-0.3, -0.25) is 4.79 Å². The van der Waals surface area contributed by atoms with Crippen LogP contribution in [-0.4, -0.2) is 10.4 Å². The van der Waals surface area contributed by atoms with Gasteiger partial charge in [-0.25, -0.2) is 0 Å². The summed E-state index contributed by atoms with van der Waals surface area (Å²) in [4.78, 5) is 11.9. The number of fused-ring (bicyclic) bond motifs is 1. The Bertz CT molecular complexity index is 622. The predicted octanol–water partition coefficient (Wildman–Crippen LogP) is 4.12. The Labute approximate surface area is 114 Å². The summed E-state index contributed by atoms with van der Waals surface area (Å²) in [5, 5.41) is 0. The highest BCUT2D eigenvalue weighted by Crippen LogP contribution is 2.29. The quantitative estimate of drug-likeness (QED) is 0.789. The molecule has 1 aliphatic carbocycles. The van der Waals surface area contributed by atoms with Gasteiger partial charge >= 0.3 is 0 Å². The maximum absolute atomic E-state index is 11.9. The first-order chi connectivity index (χ1) is 9.18. The summed E-state index contributed by atoms with van der Waals surface area (Å²) in [5.41, 5.74) is 4.65. The van der Waals surface area contributed by atoms with Crippen molar-refractivity contribution in [2.75, 3.05) is 0 Å². The van der Waals surface area contributed by atoms with E-state index in [0.717, 1.165) is 18.4 Å². The Morgan fingerprint density at radius 1 is 1.11 bits per heavy atom. The van der Waals surface area contributed by atoms with Gasteiger partial charge in [0, 0.05) is 29.6 Å². The minimum Gasteiger partial charge on any atom is -0.320 e. The number of para-hydroxylation sites is 1. The molecule has 0 atom stereocenters. The zero-order valence-corrected chi connectivity index (χ0v) is 11.5. The van der Waals surface area contributed by atoms with E-state index in [-0.39, 0.29) is 0 Å². The fourth-order valence-electron chi connectivity index (χ4n) is 2.95. The van der Waals surface area contributed by atoms with E-state index in [0.29, 0.717) is 18.1 Å². The molecule has 2 heteroatoms. The highest BCUT2D eigenvalue weighted by Gasteiger charge is 2.22. The van der Waals surface area contributed by atoms with Crippen LogP contribution in [0.5, 0.6) is 0 Å². The van der Waals surface area contributed by atoms with Crippen molar-refractivity contribution in [3.05, 3.63) is 53.3 Å².